The molecule has 0 bridgehead atoms. The molecule has 38 heavy (non-hydrogen) atoms. The number of hydrogen-bond donors (Lipinski definition) is 2. The Hall–Kier alpha value is -3.67. The van der Waals surface area contributed by atoms with Gasteiger partial charge >= 0.3 is 0 Å². The zero-order valence-electron chi connectivity index (χ0n) is 19.4. The third-order valence-corrected chi connectivity index (χ3v) is 6.80. The molecule has 0 saturated carbocycles. The molecule has 0 unspecified atom stereocenters. The fourth-order valence-corrected chi connectivity index (χ4v) is 4.63. The second kappa shape index (κ2) is 12.2. The molecule has 2 N–H and O–H groups in total. The molecule has 194 valence electrons. The third kappa shape index (κ3) is 7.00. The molecule has 0 aliphatic carbocycles. The Kier molecular flexibility index (Phi) is 8.82. The van der Waals surface area contributed by atoms with Gasteiger partial charge in [0.15, 0.2) is 6.61 Å². The van der Waals surface area contributed by atoms with Gasteiger partial charge in [-0.1, -0.05) is 45.7 Å². The highest BCUT2D eigenvalue weighted by atomic mass is 79.9. The molecule has 0 spiro atoms. The van der Waals surface area contributed by atoms with Crippen LogP contribution in [0.1, 0.15) is 5.56 Å². The maximum Gasteiger partial charge on any atom is 0.294 e. The van der Waals surface area contributed by atoms with E-state index in [1.807, 2.05) is 0 Å². The summed E-state index contributed by atoms with van der Waals surface area (Å²) in [5.74, 6) is -2.07. The summed E-state index contributed by atoms with van der Waals surface area (Å²) in [5.41, 5.74) is 1.06. The molecule has 4 rings (SSSR count). The van der Waals surface area contributed by atoms with Crippen LogP contribution >= 0.6 is 39.3 Å². The number of thioether (sulfide) groups is 1. The quantitative estimate of drug-likeness (QED) is 0.303. The molecule has 3 aromatic rings. The maximum atomic E-state index is 13.7. The number of hydrogen-bond acceptors (Lipinski definition) is 6. The highest BCUT2D eigenvalue weighted by molar-refractivity contribution is 9.10. The third-order valence-electron chi connectivity index (χ3n) is 5.06. The first-order valence-electron chi connectivity index (χ1n) is 11.0. The molecule has 0 aromatic heterocycles. The lowest BCUT2D eigenvalue weighted by Crippen LogP contribution is -2.36. The standard InChI is InChI=1S/C26H18BrClFN3O5S/c27-16-6-8-17(9-7-16)30-23(33)13-32-25(35)22(38-26(32)36)12-15-5-10-21(18(28)11-15)37-14-24(34)31-20-4-2-1-3-19(20)29/h1-12H,13-14H2,(H,30,33)(H,31,34)/b22-12-. The number of rotatable bonds is 8. The van der Waals surface area contributed by atoms with E-state index in [0.29, 0.717) is 23.0 Å². The highest BCUT2D eigenvalue weighted by Crippen LogP contribution is 2.34. The fraction of sp³-hybridized carbons (Fsp3) is 0.0769. The topological polar surface area (TPSA) is 105 Å². The fourth-order valence-electron chi connectivity index (χ4n) is 3.28. The van der Waals surface area contributed by atoms with Crippen LogP contribution in [0.4, 0.5) is 20.6 Å². The smallest absolute Gasteiger partial charge is 0.294 e. The first kappa shape index (κ1) is 27.4. The van der Waals surface area contributed by atoms with Gasteiger partial charge in [0.05, 0.1) is 15.6 Å². The number of amides is 4. The Morgan fingerprint density at radius 2 is 1.76 bits per heavy atom. The average molecular weight is 619 g/mol. The van der Waals surface area contributed by atoms with E-state index in [2.05, 4.69) is 26.6 Å². The van der Waals surface area contributed by atoms with Crippen LogP contribution in [0.25, 0.3) is 6.08 Å². The van der Waals surface area contributed by atoms with E-state index in [-0.39, 0.29) is 21.4 Å². The summed E-state index contributed by atoms with van der Waals surface area (Å²) in [7, 11) is 0. The molecule has 1 aliphatic rings. The van der Waals surface area contributed by atoms with Crippen molar-refractivity contribution in [3.63, 3.8) is 0 Å². The van der Waals surface area contributed by atoms with E-state index >= 15 is 0 Å². The summed E-state index contributed by atoms with van der Waals surface area (Å²) in [5, 5.41) is 4.63. The van der Waals surface area contributed by atoms with Gasteiger partial charge in [-0.2, -0.15) is 0 Å². The van der Waals surface area contributed by atoms with Crippen LogP contribution in [0.3, 0.4) is 0 Å². The lowest BCUT2D eigenvalue weighted by Gasteiger charge is -2.12. The number of ether oxygens (including phenoxy) is 1. The Balaban J connectivity index is 1.35. The van der Waals surface area contributed by atoms with Gasteiger partial charge < -0.3 is 15.4 Å². The van der Waals surface area contributed by atoms with Gasteiger partial charge in [0.2, 0.25) is 5.91 Å². The minimum atomic E-state index is -0.604. The van der Waals surface area contributed by atoms with Crippen molar-refractivity contribution in [1.82, 2.24) is 4.90 Å². The molecule has 1 fully saturated rings. The van der Waals surface area contributed by atoms with Crippen LogP contribution < -0.4 is 15.4 Å². The van der Waals surface area contributed by atoms with Crippen molar-refractivity contribution in [3.05, 3.63) is 92.5 Å². The van der Waals surface area contributed by atoms with E-state index in [1.54, 1.807) is 36.4 Å². The van der Waals surface area contributed by atoms with Gasteiger partial charge in [0, 0.05) is 10.2 Å². The Morgan fingerprint density at radius 1 is 1.03 bits per heavy atom. The van der Waals surface area contributed by atoms with Gasteiger partial charge in [-0.05, 0) is 71.9 Å². The second-order valence-electron chi connectivity index (χ2n) is 7.83. The minimum Gasteiger partial charge on any atom is -0.482 e. The number of para-hydroxylation sites is 1. The summed E-state index contributed by atoms with van der Waals surface area (Å²) >= 11 is 10.3. The summed E-state index contributed by atoms with van der Waals surface area (Å²) in [6.07, 6.45) is 1.47. The predicted molar refractivity (Wildman–Crippen MR) is 147 cm³/mol. The highest BCUT2D eigenvalue weighted by Gasteiger charge is 2.36. The molecular weight excluding hydrogens is 601 g/mol. The summed E-state index contributed by atoms with van der Waals surface area (Å²) < 4.78 is 19.9. The van der Waals surface area contributed by atoms with E-state index in [0.717, 1.165) is 9.37 Å². The molecule has 4 amide bonds. The number of benzene rings is 3. The number of carbonyl (C=O) groups excluding carboxylic acids is 4. The van der Waals surface area contributed by atoms with E-state index in [4.69, 9.17) is 16.3 Å². The Morgan fingerprint density at radius 3 is 2.47 bits per heavy atom. The Bertz CT molecular complexity index is 1450. The predicted octanol–water partition coefficient (Wildman–Crippen LogP) is 5.93. The number of nitrogens with one attached hydrogen (secondary N) is 2. The van der Waals surface area contributed by atoms with Gasteiger partial charge in [-0.3, -0.25) is 24.1 Å². The minimum absolute atomic E-state index is 0.0299. The largest absolute Gasteiger partial charge is 0.482 e. The Labute approximate surface area is 234 Å². The molecule has 8 nitrogen and oxygen atoms in total. The molecule has 3 aromatic carbocycles. The normalized spacial score (nSPS) is 14.1. The van der Waals surface area contributed by atoms with Gasteiger partial charge in [-0.25, -0.2) is 4.39 Å². The van der Waals surface area contributed by atoms with Crippen molar-refractivity contribution in [2.75, 3.05) is 23.8 Å². The number of imide groups is 1. The first-order chi connectivity index (χ1) is 18.2. The second-order valence-corrected chi connectivity index (χ2v) is 10.1. The maximum absolute atomic E-state index is 13.7. The molecule has 1 aliphatic heterocycles. The number of nitrogens with zero attached hydrogens (tertiary/aromatic N) is 1. The number of halogens is 3. The van der Waals surface area contributed by atoms with Gasteiger partial charge in [0.1, 0.15) is 18.1 Å². The van der Waals surface area contributed by atoms with Crippen LogP contribution in [0, 0.1) is 5.82 Å². The number of anilines is 2. The van der Waals surface area contributed by atoms with Crippen LogP contribution in [-0.4, -0.2) is 41.0 Å². The van der Waals surface area contributed by atoms with E-state index < -0.39 is 41.9 Å². The van der Waals surface area contributed by atoms with Crippen molar-refractivity contribution in [3.8, 4) is 5.75 Å². The van der Waals surface area contributed by atoms with Crippen molar-refractivity contribution in [1.29, 1.82) is 0 Å². The SMILES string of the molecule is O=C(CN1C(=O)S/C(=C\c2ccc(OCC(=O)Nc3ccccc3F)c(Cl)c2)C1=O)Nc1ccc(Br)cc1. The lowest BCUT2D eigenvalue weighted by atomic mass is 10.2. The molecule has 1 saturated heterocycles. The monoisotopic (exact) mass is 617 g/mol. The number of carbonyl (C=O) groups is 4. The van der Waals surface area contributed by atoms with Crippen molar-refractivity contribution >= 4 is 79.7 Å². The van der Waals surface area contributed by atoms with Gasteiger partial charge in [0.25, 0.3) is 17.1 Å². The first-order valence-corrected chi connectivity index (χ1v) is 13.0. The van der Waals surface area contributed by atoms with E-state index in [1.165, 1.54) is 36.4 Å². The zero-order chi connectivity index (χ0) is 27.2. The van der Waals surface area contributed by atoms with Crippen molar-refractivity contribution < 1.29 is 28.3 Å². The van der Waals surface area contributed by atoms with Gasteiger partial charge in [-0.15, -0.1) is 0 Å². The molecule has 0 radical (unpaired) electrons. The molecule has 1 heterocycles. The van der Waals surface area contributed by atoms with Crippen LogP contribution in [0.5, 0.6) is 5.75 Å². The van der Waals surface area contributed by atoms with Crippen LogP contribution in [0.2, 0.25) is 5.02 Å². The average Bonchev–Trinajstić information content (AvgIpc) is 3.13. The van der Waals surface area contributed by atoms with E-state index in [9.17, 15) is 23.6 Å². The lowest BCUT2D eigenvalue weighted by molar-refractivity contribution is -0.127. The zero-order valence-corrected chi connectivity index (χ0v) is 22.5. The van der Waals surface area contributed by atoms with Crippen molar-refractivity contribution in [2.45, 2.75) is 0 Å². The summed E-state index contributed by atoms with van der Waals surface area (Å²) in [4.78, 5) is 50.5. The summed E-state index contributed by atoms with van der Waals surface area (Å²) in [6, 6.07) is 17.2. The summed E-state index contributed by atoms with van der Waals surface area (Å²) in [6.45, 7) is -0.838. The van der Waals surface area contributed by atoms with Crippen LogP contribution in [-0.2, 0) is 14.4 Å². The van der Waals surface area contributed by atoms with Crippen LogP contribution in [0.15, 0.2) is 76.1 Å². The molecule has 0 atom stereocenters. The molecule has 12 heteroatoms. The van der Waals surface area contributed by atoms with Crippen molar-refractivity contribution in [2.24, 2.45) is 0 Å². The molecular formula is C26H18BrClFN3O5S.